The van der Waals surface area contributed by atoms with Crippen LogP contribution in [0.5, 0.6) is 0 Å². The third-order valence-electron chi connectivity index (χ3n) is 6.16. The van der Waals surface area contributed by atoms with Crippen LogP contribution in [0.1, 0.15) is 48.1 Å². The van der Waals surface area contributed by atoms with Crippen LogP contribution in [0, 0.1) is 5.92 Å². The fourth-order valence-electron chi connectivity index (χ4n) is 4.40. The molecule has 0 spiro atoms. The van der Waals surface area contributed by atoms with Gasteiger partial charge in [0.05, 0.1) is 22.6 Å². The summed E-state index contributed by atoms with van der Waals surface area (Å²) in [6, 6.07) is 0. The van der Waals surface area contributed by atoms with Crippen LogP contribution in [0.25, 0.3) is 10.2 Å². The first-order valence-electron chi connectivity index (χ1n) is 11.1. The van der Waals surface area contributed by atoms with Crippen molar-refractivity contribution in [2.75, 3.05) is 24.2 Å². The summed E-state index contributed by atoms with van der Waals surface area (Å²) in [5.74, 6) is 2.16. The number of hydrogen-bond acceptors (Lipinski definition) is 8. The molecule has 170 valence electrons. The molecule has 32 heavy (non-hydrogen) atoms. The number of aromatic nitrogens is 3. The molecule has 2 N–H and O–H groups in total. The first-order valence-corrected chi connectivity index (χ1v) is 14.0. The van der Waals surface area contributed by atoms with Crippen molar-refractivity contribution in [1.82, 2.24) is 19.9 Å². The molecule has 0 unspecified atom stereocenters. The zero-order valence-electron chi connectivity index (χ0n) is 18.1. The number of piperidine rings is 1. The van der Waals surface area contributed by atoms with Crippen molar-refractivity contribution in [3.05, 3.63) is 37.7 Å². The quantitative estimate of drug-likeness (QED) is 0.521. The number of fused-ring (bicyclic) bond motifs is 3. The minimum absolute atomic E-state index is 0.0482. The minimum Gasteiger partial charge on any atom is -0.309 e. The Balaban J connectivity index is 1.11. The summed E-state index contributed by atoms with van der Waals surface area (Å²) in [5, 5.41) is 6.35. The Labute approximate surface area is 199 Å². The van der Waals surface area contributed by atoms with Crippen LogP contribution < -0.4 is 10.9 Å². The molecular weight excluding hydrogens is 462 g/mol. The number of thiazole rings is 1. The number of amides is 1. The first kappa shape index (κ1) is 22.1. The molecule has 1 amide bonds. The molecule has 7 nitrogen and oxygen atoms in total. The van der Waals surface area contributed by atoms with Crippen molar-refractivity contribution in [1.29, 1.82) is 0 Å². The largest absolute Gasteiger partial charge is 0.309 e. The Hall–Kier alpha value is -1.75. The van der Waals surface area contributed by atoms with E-state index in [-0.39, 0.29) is 11.5 Å². The van der Waals surface area contributed by atoms with Crippen LogP contribution in [0.4, 0.5) is 5.13 Å². The predicted octanol–water partition coefficient (Wildman–Crippen LogP) is 4.03. The first-order chi connectivity index (χ1) is 15.5. The number of H-pyrrole nitrogens is 1. The van der Waals surface area contributed by atoms with Crippen molar-refractivity contribution in [3.8, 4) is 0 Å². The summed E-state index contributed by atoms with van der Waals surface area (Å²) in [6.45, 7) is 5.40. The maximum absolute atomic E-state index is 12.5. The maximum atomic E-state index is 12.5. The van der Waals surface area contributed by atoms with Crippen LogP contribution in [-0.2, 0) is 29.9 Å². The van der Waals surface area contributed by atoms with E-state index in [0.717, 1.165) is 60.7 Å². The lowest BCUT2D eigenvalue weighted by Crippen LogP contribution is -2.32. The third kappa shape index (κ3) is 4.93. The van der Waals surface area contributed by atoms with E-state index >= 15 is 0 Å². The van der Waals surface area contributed by atoms with Crippen molar-refractivity contribution in [3.63, 3.8) is 0 Å². The molecule has 3 aromatic heterocycles. The Kier molecular flexibility index (Phi) is 6.64. The molecule has 0 atom stereocenters. The van der Waals surface area contributed by atoms with Gasteiger partial charge in [0.15, 0.2) is 5.13 Å². The molecule has 5 rings (SSSR count). The van der Waals surface area contributed by atoms with E-state index in [1.165, 1.54) is 46.4 Å². The van der Waals surface area contributed by atoms with E-state index in [9.17, 15) is 9.59 Å². The highest BCUT2D eigenvalue weighted by Crippen LogP contribution is 2.34. The number of anilines is 1. The van der Waals surface area contributed by atoms with Gasteiger partial charge in [-0.15, -0.1) is 34.4 Å². The molecule has 0 saturated carbocycles. The van der Waals surface area contributed by atoms with Gasteiger partial charge >= 0.3 is 0 Å². The van der Waals surface area contributed by atoms with Gasteiger partial charge in [-0.25, -0.2) is 9.97 Å². The molecular formula is C22H27N5O2S3. The molecule has 1 aliphatic carbocycles. The fraction of sp³-hybridized carbons (Fsp3) is 0.545. The highest BCUT2D eigenvalue weighted by molar-refractivity contribution is 7.99. The SMILES string of the molecule is CC1CCN(Cc2csc(NC(=O)CSCc3nc4sc5c(c4c(=O)[nH]3)CCC5)n2)CC1. The number of carbonyl (C=O) groups excluding carboxylic acids is 1. The number of nitrogens with zero attached hydrogens (tertiary/aromatic N) is 3. The van der Waals surface area contributed by atoms with Gasteiger partial charge in [0.25, 0.3) is 5.56 Å². The van der Waals surface area contributed by atoms with Crippen LogP contribution in [0.15, 0.2) is 10.2 Å². The summed E-state index contributed by atoms with van der Waals surface area (Å²) in [5.41, 5.74) is 2.16. The zero-order chi connectivity index (χ0) is 22.1. The predicted molar refractivity (Wildman–Crippen MR) is 133 cm³/mol. The normalized spacial score (nSPS) is 17.2. The van der Waals surface area contributed by atoms with Gasteiger partial charge in [0, 0.05) is 16.8 Å². The number of carbonyl (C=O) groups is 1. The summed E-state index contributed by atoms with van der Waals surface area (Å²) >= 11 is 4.56. The maximum Gasteiger partial charge on any atom is 0.259 e. The van der Waals surface area contributed by atoms with Gasteiger partial charge in [-0.3, -0.25) is 14.5 Å². The number of hydrogen-bond donors (Lipinski definition) is 2. The Morgan fingerprint density at radius 3 is 3.00 bits per heavy atom. The molecule has 4 heterocycles. The van der Waals surface area contributed by atoms with Crippen molar-refractivity contribution >= 4 is 55.7 Å². The van der Waals surface area contributed by atoms with Crippen LogP contribution in [-0.4, -0.2) is 44.6 Å². The summed E-state index contributed by atoms with van der Waals surface area (Å²) in [7, 11) is 0. The van der Waals surface area contributed by atoms with E-state index in [1.54, 1.807) is 11.3 Å². The lowest BCUT2D eigenvalue weighted by atomic mass is 9.99. The molecule has 0 radical (unpaired) electrons. The van der Waals surface area contributed by atoms with Crippen LogP contribution in [0.2, 0.25) is 0 Å². The molecule has 10 heteroatoms. The number of thiophene rings is 1. The second-order valence-corrected chi connectivity index (χ2v) is 11.6. The van der Waals surface area contributed by atoms with Crippen LogP contribution in [0.3, 0.4) is 0 Å². The topological polar surface area (TPSA) is 91.0 Å². The van der Waals surface area contributed by atoms with E-state index in [2.05, 4.69) is 32.1 Å². The Morgan fingerprint density at radius 2 is 2.16 bits per heavy atom. The number of nitrogens with one attached hydrogen (secondary N) is 2. The average Bonchev–Trinajstić information content (AvgIpc) is 3.46. The van der Waals surface area contributed by atoms with Crippen LogP contribution >= 0.6 is 34.4 Å². The monoisotopic (exact) mass is 489 g/mol. The van der Waals surface area contributed by atoms with Gasteiger partial charge in [-0.05, 0) is 56.7 Å². The van der Waals surface area contributed by atoms with E-state index in [0.29, 0.717) is 22.5 Å². The second-order valence-electron chi connectivity index (χ2n) is 8.69. The molecule has 3 aromatic rings. The van der Waals surface area contributed by atoms with Gasteiger partial charge in [0.1, 0.15) is 10.7 Å². The number of aryl methyl sites for hydroxylation is 2. The van der Waals surface area contributed by atoms with Crippen molar-refractivity contribution in [2.45, 2.75) is 51.3 Å². The second kappa shape index (κ2) is 9.62. The number of thioether (sulfide) groups is 1. The lowest BCUT2D eigenvalue weighted by molar-refractivity contribution is -0.113. The average molecular weight is 490 g/mol. The lowest BCUT2D eigenvalue weighted by Gasteiger charge is -2.29. The number of rotatable bonds is 7. The molecule has 1 saturated heterocycles. The highest BCUT2D eigenvalue weighted by Gasteiger charge is 2.21. The standard InChI is InChI=1S/C22H27N5O2S3/c1-13-5-7-27(8-6-13)9-14-10-31-22(23-14)26-18(28)12-30-11-17-24-20(29)19-15-3-2-4-16(15)32-21(19)25-17/h10,13H,2-9,11-12H2,1H3,(H,23,26,28)(H,24,25,29). The van der Waals surface area contributed by atoms with E-state index in [1.807, 2.05) is 5.38 Å². The fourth-order valence-corrected chi connectivity index (χ4v) is 7.09. The van der Waals surface area contributed by atoms with Gasteiger partial charge in [-0.2, -0.15) is 0 Å². The molecule has 0 bridgehead atoms. The third-order valence-corrected chi connectivity index (χ3v) is 9.09. The molecule has 1 aliphatic heterocycles. The van der Waals surface area contributed by atoms with Crippen molar-refractivity contribution in [2.24, 2.45) is 5.92 Å². The summed E-state index contributed by atoms with van der Waals surface area (Å²) < 4.78 is 0. The van der Waals surface area contributed by atoms with E-state index < -0.39 is 0 Å². The molecule has 2 aliphatic rings. The zero-order valence-corrected chi connectivity index (χ0v) is 20.6. The van der Waals surface area contributed by atoms with Gasteiger partial charge in [0.2, 0.25) is 5.91 Å². The van der Waals surface area contributed by atoms with E-state index in [4.69, 9.17) is 0 Å². The van der Waals surface area contributed by atoms with Crippen molar-refractivity contribution < 1.29 is 4.79 Å². The summed E-state index contributed by atoms with van der Waals surface area (Å²) in [6.07, 6.45) is 5.64. The van der Waals surface area contributed by atoms with Gasteiger partial charge < -0.3 is 10.3 Å². The minimum atomic E-state index is -0.0822. The number of likely N-dealkylation sites (tertiary alicyclic amines) is 1. The molecule has 0 aromatic carbocycles. The molecule has 1 fully saturated rings. The summed E-state index contributed by atoms with van der Waals surface area (Å²) in [4.78, 5) is 41.6. The smallest absolute Gasteiger partial charge is 0.259 e. The Morgan fingerprint density at radius 1 is 1.31 bits per heavy atom. The highest BCUT2D eigenvalue weighted by atomic mass is 32.2. The van der Waals surface area contributed by atoms with Gasteiger partial charge in [-0.1, -0.05) is 6.92 Å². The number of aromatic amines is 1. The Bertz CT molecular complexity index is 1180.